The lowest BCUT2D eigenvalue weighted by molar-refractivity contribution is 0.0948. The van der Waals surface area contributed by atoms with Crippen LogP contribution in [0.15, 0.2) is 6.07 Å². The average molecular weight is 268 g/mol. The molecule has 98 valence electrons. The number of hydrogen-bond donors (Lipinski definition) is 1. The Hall–Kier alpha value is -1.06. The van der Waals surface area contributed by atoms with E-state index in [2.05, 4.69) is 5.32 Å². The average Bonchev–Trinajstić information content (AvgIpc) is 2.88. The Morgan fingerprint density at radius 2 is 2.22 bits per heavy atom. The maximum absolute atomic E-state index is 12.5. The summed E-state index contributed by atoms with van der Waals surface area (Å²) in [5, 5.41) is 3.87. The number of methoxy groups -OCH3 is 1. The van der Waals surface area contributed by atoms with Crippen LogP contribution in [-0.4, -0.2) is 25.5 Å². The highest BCUT2D eigenvalue weighted by atomic mass is 35.5. The van der Waals surface area contributed by atoms with Crippen LogP contribution in [0.25, 0.3) is 0 Å². The molecule has 1 unspecified atom stereocenters. The van der Waals surface area contributed by atoms with E-state index in [9.17, 15) is 4.79 Å². The summed E-state index contributed by atoms with van der Waals surface area (Å²) in [6.07, 6.45) is 1.92. The number of aryl methyl sites for hydroxylation is 1. The lowest BCUT2D eigenvalue weighted by Gasteiger charge is -2.17. The van der Waals surface area contributed by atoms with E-state index in [1.165, 1.54) is 0 Å². The molecule has 4 heteroatoms. The molecule has 0 amide bonds. The summed E-state index contributed by atoms with van der Waals surface area (Å²) in [6, 6.07) is 1.73. The first-order valence-corrected chi connectivity index (χ1v) is 6.55. The molecule has 1 atom stereocenters. The number of ketones is 1. The van der Waals surface area contributed by atoms with Crippen molar-refractivity contribution in [3.05, 3.63) is 27.8 Å². The smallest absolute Gasteiger partial charge is 0.183 e. The minimum absolute atomic E-state index is 0.0868. The highest BCUT2D eigenvalue weighted by Crippen LogP contribution is 2.33. The van der Waals surface area contributed by atoms with Crippen LogP contribution in [0.5, 0.6) is 5.75 Å². The summed E-state index contributed by atoms with van der Waals surface area (Å²) >= 11 is 6.23. The maximum Gasteiger partial charge on any atom is 0.183 e. The summed E-state index contributed by atoms with van der Waals surface area (Å²) in [6.45, 7) is 4.69. The van der Waals surface area contributed by atoms with Crippen LogP contribution in [0.4, 0.5) is 0 Å². The summed E-state index contributed by atoms with van der Waals surface area (Å²) < 4.78 is 5.34. The van der Waals surface area contributed by atoms with E-state index in [4.69, 9.17) is 16.3 Å². The van der Waals surface area contributed by atoms with Crippen molar-refractivity contribution >= 4 is 17.4 Å². The molecular formula is C14H18ClNO2. The first-order valence-electron chi connectivity index (χ1n) is 6.17. The van der Waals surface area contributed by atoms with Gasteiger partial charge in [-0.25, -0.2) is 0 Å². The van der Waals surface area contributed by atoms with Crippen molar-refractivity contribution in [2.75, 3.05) is 13.7 Å². The molecule has 0 aliphatic carbocycles. The van der Waals surface area contributed by atoms with Crippen molar-refractivity contribution in [1.82, 2.24) is 5.32 Å². The summed E-state index contributed by atoms with van der Waals surface area (Å²) in [7, 11) is 1.58. The van der Waals surface area contributed by atoms with E-state index >= 15 is 0 Å². The zero-order valence-electron chi connectivity index (χ0n) is 11.0. The number of benzene rings is 1. The second-order valence-electron chi connectivity index (χ2n) is 4.72. The van der Waals surface area contributed by atoms with E-state index in [0.717, 1.165) is 30.5 Å². The largest absolute Gasteiger partial charge is 0.496 e. The van der Waals surface area contributed by atoms with Gasteiger partial charge in [0.1, 0.15) is 5.75 Å². The van der Waals surface area contributed by atoms with Gasteiger partial charge in [0, 0.05) is 5.02 Å². The number of hydrogen-bond acceptors (Lipinski definition) is 3. The van der Waals surface area contributed by atoms with Crippen molar-refractivity contribution in [1.29, 1.82) is 0 Å². The molecule has 1 saturated heterocycles. The fraction of sp³-hybridized carbons (Fsp3) is 0.500. The number of nitrogens with one attached hydrogen (secondary N) is 1. The number of rotatable bonds is 3. The summed E-state index contributed by atoms with van der Waals surface area (Å²) in [5.74, 6) is 0.705. The Bertz CT molecular complexity index is 479. The Balaban J connectivity index is 2.48. The third-order valence-corrected chi connectivity index (χ3v) is 4.07. The van der Waals surface area contributed by atoms with Crippen molar-refractivity contribution in [3.8, 4) is 5.75 Å². The summed E-state index contributed by atoms with van der Waals surface area (Å²) in [5.41, 5.74) is 2.36. The molecule has 3 nitrogen and oxygen atoms in total. The second kappa shape index (κ2) is 5.29. The van der Waals surface area contributed by atoms with Gasteiger partial charge < -0.3 is 10.1 Å². The normalized spacial score (nSPS) is 19.0. The molecule has 0 spiro atoms. The predicted molar refractivity (Wildman–Crippen MR) is 72.8 cm³/mol. The highest BCUT2D eigenvalue weighted by Gasteiger charge is 2.28. The SMILES string of the molecule is COc1cc(C)c(Cl)c(C)c1C(=O)C1CCCN1. The van der Waals surface area contributed by atoms with E-state index < -0.39 is 0 Å². The molecule has 1 aliphatic heterocycles. The monoisotopic (exact) mass is 267 g/mol. The van der Waals surface area contributed by atoms with Gasteiger partial charge in [-0.05, 0) is 50.4 Å². The van der Waals surface area contributed by atoms with Crippen LogP contribution >= 0.6 is 11.6 Å². The van der Waals surface area contributed by atoms with Crippen LogP contribution < -0.4 is 10.1 Å². The molecular weight excluding hydrogens is 250 g/mol. The molecule has 18 heavy (non-hydrogen) atoms. The Labute approximate surface area is 112 Å². The number of carbonyl (C=O) groups is 1. The molecule has 1 aliphatic rings. The number of halogens is 1. The summed E-state index contributed by atoms with van der Waals surface area (Å²) in [4.78, 5) is 12.5. The Kier molecular flexibility index (Phi) is 3.93. The molecule has 0 aromatic heterocycles. The van der Waals surface area contributed by atoms with Crippen LogP contribution in [0.2, 0.25) is 5.02 Å². The zero-order chi connectivity index (χ0) is 13.3. The van der Waals surface area contributed by atoms with Gasteiger partial charge >= 0.3 is 0 Å². The molecule has 0 radical (unpaired) electrons. The molecule has 1 heterocycles. The van der Waals surface area contributed by atoms with E-state index in [-0.39, 0.29) is 11.8 Å². The molecule has 1 aromatic rings. The molecule has 0 bridgehead atoms. The first kappa shape index (κ1) is 13.4. The minimum Gasteiger partial charge on any atom is -0.496 e. The first-order chi connectivity index (χ1) is 8.56. The van der Waals surface area contributed by atoms with Gasteiger partial charge in [-0.15, -0.1) is 0 Å². The number of ether oxygens (including phenoxy) is 1. The van der Waals surface area contributed by atoms with Crippen molar-refractivity contribution in [2.24, 2.45) is 0 Å². The van der Waals surface area contributed by atoms with Gasteiger partial charge in [0.2, 0.25) is 0 Å². The molecule has 1 N–H and O–H groups in total. The van der Waals surface area contributed by atoms with Crippen LogP contribution in [0.3, 0.4) is 0 Å². The molecule has 1 fully saturated rings. The molecule has 2 rings (SSSR count). The van der Waals surface area contributed by atoms with E-state index in [1.807, 2.05) is 19.9 Å². The standard InChI is InChI=1S/C14H18ClNO2/c1-8-7-11(18-3)12(9(2)13(8)15)14(17)10-5-4-6-16-10/h7,10,16H,4-6H2,1-3H3. The topological polar surface area (TPSA) is 38.3 Å². The fourth-order valence-corrected chi connectivity index (χ4v) is 2.62. The van der Waals surface area contributed by atoms with Gasteiger partial charge in [0.25, 0.3) is 0 Å². The van der Waals surface area contributed by atoms with Gasteiger partial charge in [-0.2, -0.15) is 0 Å². The van der Waals surface area contributed by atoms with Crippen molar-refractivity contribution in [2.45, 2.75) is 32.7 Å². The van der Waals surface area contributed by atoms with Gasteiger partial charge in [-0.1, -0.05) is 11.6 Å². The van der Waals surface area contributed by atoms with Gasteiger partial charge in [0.05, 0.1) is 18.7 Å². The number of Topliss-reactive ketones (excluding diaryl/α,β-unsaturated/α-hetero) is 1. The third kappa shape index (κ3) is 2.25. The van der Waals surface area contributed by atoms with Crippen molar-refractivity contribution in [3.63, 3.8) is 0 Å². The predicted octanol–water partition coefficient (Wildman–Crippen LogP) is 2.90. The van der Waals surface area contributed by atoms with Gasteiger partial charge in [0.15, 0.2) is 5.78 Å². The van der Waals surface area contributed by atoms with Crippen LogP contribution in [0.1, 0.15) is 34.3 Å². The highest BCUT2D eigenvalue weighted by molar-refractivity contribution is 6.32. The van der Waals surface area contributed by atoms with E-state index in [1.54, 1.807) is 7.11 Å². The Morgan fingerprint density at radius 3 is 2.78 bits per heavy atom. The lowest BCUT2D eigenvalue weighted by Crippen LogP contribution is -2.31. The zero-order valence-corrected chi connectivity index (χ0v) is 11.7. The Morgan fingerprint density at radius 1 is 1.50 bits per heavy atom. The maximum atomic E-state index is 12.5. The van der Waals surface area contributed by atoms with E-state index in [0.29, 0.717) is 16.3 Å². The van der Waals surface area contributed by atoms with Gasteiger partial charge in [-0.3, -0.25) is 4.79 Å². The quantitative estimate of drug-likeness (QED) is 0.856. The molecule has 1 aromatic carbocycles. The van der Waals surface area contributed by atoms with Crippen molar-refractivity contribution < 1.29 is 9.53 Å². The third-order valence-electron chi connectivity index (χ3n) is 3.49. The van der Waals surface area contributed by atoms with Crippen LogP contribution in [-0.2, 0) is 0 Å². The molecule has 0 saturated carbocycles. The fourth-order valence-electron chi connectivity index (χ4n) is 2.47. The second-order valence-corrected chi connectivity index (χ2v) is 5.10. The minimum atomic E-state index is -0.101. The lowest BCUT2D eigenvalue weighted by atomic mass is 9.96. The number of carbonyl (C=O) groups excluding carboxylic acids is 1. The van der Waals surface area contributed by atoms with Crippen LogP contribution in [0, 0.1) is 13.8 Å².